The topological polar surface area (TPSA) is 62.4 Å². The van der Waals surface area contributed by atoms with Crippen LogP contribution < -0.4 is 5.32 Å². The minimum Gasteiger partial charge on any atom is -0.382 e. The summed E-state index contributed by atoms with van der Waals surface area (Å²) in [4.78, 5) is 15.9. The van der Waals surface area contributed by atoms with Crippen molar-refractivity contribution in [2.45, 2.75) is 32.6 Å². The normalized spacial score (nSPS) is 12.2. The Morgan fingerprint density at radius 1 is 1.15 bits per heavy atom. The SMILES string of the molecule is [C-]#[N+]c1cncc(-c2cc(NCCc3c[nH]c4ccccc34)c3ncc(C(C)CC)n3c2)c1. The first kappa shape index (κ1) is 20.8. The lowest BCUT2D eigenvalue weighted by Gasteiger charge is -2.14. The minimum atomic E-state index is 0.391. The third-order valence-electron chi connectivity index (χ3n) is 6.32. The molecular formula is C27H26N6. The van der Waals surface area contributed by atoms with Crippen LogP contribution in [0.5, 0.6) is 0 Å². The van der Waals surface area contributed by atoms with Crippen LogP contribution in [0.3, 0.4) is 0 Å². The van der Waals surface area contributed by atoms with E-state index in [-0.39, 0.29) is 0 Å². The Morgan fingerprint density at radius 3 is 2.88 bits per heavy atom. The molecule has 6 heteroatoms. The molecule has 6 nitrogen and oxygen atoms in total. The van der Waals surface area contributed by atoms with Gasteiger partial charge < -0.3 is 14.7 Å². The molecule has 1 atom stereocenters. The summed E-state index contributed by atoms with van der Waals surface area (Å²) in [6.07, 6.45) is 11.5. The molecule has 0 fully saturated rings. The second-order valence-corrected chi connectivity index (χ2v) is 8.41. The third kappa shape index (κ3) is 3.94. The maximum atomic E-state index is 7.34. The lowest BCUT2D eigenvalue weighted by atomic mass is 10.1. The second kappa shape index (κ2) is 8.79. The predicted octanol–water partition coefficient (Wildman–Crippen LogP) is 6.60. The molecule has 0 radical (unpaired) electrons. The van der Waals surface area contributed by atoms with Crippen molar-refractivity contribution in [1.82, 2.24) is 19.4 Å². The molecule has 0 aliphatic carbocycles. The quantitative estimate of drug-likeness (QED) is 0.284. The van der Waals surface area contributed by atoms with E-state index in [9.17, 15) is 0 Å². The summed E-state index contributed by atoms with van der Waals surface area (Å²) < 4.78 is 2.18. The first-order valence-electron chi connectivity index (χ1n) is 11.3. The van der Waals surface area contributed by atoms with Gasteiger partial charge >= 0.3 is 0 Å². The number of aromatic nitrogens is 4. The van der Waals surface area contributed by atoms with E-state index in [0.717, 1.165) is 47.4 Å². The molecule has 0 aliphatic rings. The molecule has 4 aromatic heterocycles. The number of nitrogens with zero attached hydrogens (tertiary/aromatic N) is 4. The number of hydrogen-bond donors (Lipinski definition) is 2. The van der Waals surface area contributed by atoms with E-state index in [4.69, 9.17) is 11.6 Å². The van der Waals surface area contributed by atoms with Gasteiger partial charge in [-0.3, -0.25) is 4.98 Å². The molecular weight excluding hydrogens is 408 g/mol. The van der Waals surface area contributed by atoms with Crippen LogP contribution in [0, 0.1) is 6.57 Å². The van der Waals surface area contributed by atoms with E-state index in [0.29, 0.717) is 11.6 Å². The van der Waals surface area contributed by atoms with E-state index in [2.05, 4.69) is 75.0 Å². The van der Waals surface area contributed by atoms with E-state index in [1.165, 1.54) is 16.6 Å². The molecule has 0 saturated heterocycles. The molecule has 5 rings (SSSR count). The van der Waals surface area contributed by atoms with Gasteiger partial charge in [-0.05, 0) is 48.1 Å². The maximum absolute atomic E-state index is 7.34. The molecule has 0 spiro atoms. The summed E-state index contributed by atoms with van der Waals surface area (Å²) in [6.45, 7) is 12.5. The number of pyridine rings is 2. The largest absolute Gasteiger partial charge is 0.382 e. The van der Waals surface area contributed by atoms with Gasteiger partial charge in [-0.2, -0.15) is 0 Å². The van der Waals surface area contributed by atoms with Crippen molar-refractivity contribution in [1.29, 1.82) is 0 Å². The Bertz CT molecular complexity index is 1470. The van der Waals surface area contributed by atoms with Crippen molar-refractivity contribution in [3.8, 4) is 11.1 Å². The van der Waals surface area contributed by atoms with Crippen molar-refractivity contribution in [3.63, 3.8) is 0 Å². The minimum absolute atomic E-state index is 0.391. The van der Waals surface area contributed by atoms with E-state index < -0.39 is 0 Å². The Morgan fingerprint density at radius 2 is 2.03 bits per heavy atom. The fraction of sp³-hybridized carbons (Fsp3) is 0.222. The van der Waals surface area contributed by atoms with Gasteiger partial charge in [-0.15, -0.1) is 0 Å². The molecule has 5 aromatic rings. The number of aromatic amines is 1. The number of rotatable bonds is 7. The number of fused-ring (bicyclic) bond motifs is 2. The number of hydrogen-bond acceptors (Lipinski definition) is 3. The highest BCUT2D eigenvalue weighted by Crippen LogP contribution is 2.31. The fourth-order valence-electron chi connectivity index (χ4n) is 4.28. The molecule has 4 heterocycles. The van der Waals surface area contributed by atoms with Crippen molar-refractivity contribution < 1.29 is 0 Å². The molecule has 0 amide bonds. The third-order valence-corrected chi connectivity index (χ3v) is 6.32. The van der Waals surface area contributed by atoms with Gasteiger partial charge in [0.15, 0.2) is 5.65 Å². The van der Waals surface area contributed by atoms with Crippen LogP contribution in [0.4, 0.5) is 11.4 Å². The lowest BCUT2D eigenvalue weighted by Crippen LogP contribution is -2.07. The van der Waals surface area contributed by atoms with Gasteiger partial charge in [0.1, 0.15) is 0 Å². The molecule has 1 aromatic carbocycles. The van der Waals surface area contributed by atoms with Crippen LogP contribution in [0.2, 0.25) is 0 Å². The Kier molecular flexibility index (Phi) is 5.54. The van der Waals surface area contributed by atoms with Gasteiger partial charge in [0.05, 0.1) is 12.3 Å². The highest BCUT2D eigenvalue weighted by Gasteiger charge is 2.15. The first-order chi connectivity index (χ1) is 16.2. The van der Waals surface area contributed by atoms with Crippen LogP contribution in [-0.4, -0.2) is 25.9 Å². The van der Waals surface area contributed by atoms with Crippen molar-refractivity contribution in [2.24, 2.45) is 0 Å². The number of para-hydroxylation sites is 1. The number of anilines is 1. The molecule has 0 bridgehead atoms. The fourth-order valence-corrected chi connectivity index (χ4v) is 4.28. The highest BCUT2D eigenvalue weighted by molar-refractivity contribution is 5.83. The van der Waals surface area contributed by atoms with Gasteiger partial charge in [0.25, 0.3) is 0 Å². The zero-order valence-corrected chi connectivity index (χ0v) is 18.8. The van der Waals surface area contributed by atoms with Gasteiger partial charge in [0, 0.05) is 59.7 Å². The van der Waals surface area contributed by atoms with E-state index >= 15 is 0 Å². The zero-order valence-electron chi connectivity index (χ0n) is 18.8. The zero-order chi connectivity index (χ0) is 22.8. The van der Waals surface area contributed by atoms with Crippen molar-refractivity contribution in [2.75, 3.05) is 11.9 Å². The summed E-state index contributed by atoms with van der Waals surface area (Å²) >= 11 is 0. The van der Waals surface area contributed by atoms with E-state index in [1.54, 1.807) is 6.20 Å². The van der Waals surface area contributed by atoms with Gasteiger partial charge in [0.2, 0.25) is 5.69 Å². The number of imidazole rings is 1. The van der Waals surface area contributed by atoms with Crippen LogP contribution in [-0.2, 0) is 6.42 Å². The molecule has 0 aliphatic heterocycles. The Balaban J connectivity index is 1.51. The number of benzene rings is 1. The summed E-state index contributed by atoms with van der Waals surface area (Å²) in [5.74, 6) is 0.391. The number of H-pyrrole nitrogens is 1. The Labute approximate surface area is 193 Å². The summed E-state index contributed by atoms with van der Waals surface area (Å²) in [5, 5.41) is 4.89. The van der Waals surface area contributed by atoms with E-state index in [1.807, 2.05) is 24.5 Å². The second-order valence-electron chi connectivity index (χ2n) is 8.41. The van der Waals surface area contributed by atoms with Crippen LogP contribution >= 0.6 is 0 Å². The summed E-state index contributed by atoms with van der Waals surface area (Å²) in [6, 6.07) is 12.4. The highest BCUT2D eigenvalue weighted by atomic mass is 15.0. The smallest absolute Gasteiger partial charge is 0.205 e. The molecule has 164 valence electrons. The standard InChI is InChI=1S/C27H26N6/c1-4-18(2)26-16-32-27-25(30-10-9-19-14-31-24-8-6-5-7-23(19)24)12-21(17-33(26)27)20-11-22(28-3)15-29-13-20/h5-8,11-18,30-31H,4,9-10H2,1-2H3. The van der Waals surface area contributed by atoms with Gasteiger partial charge in [-0.25, -0.2) is 9.83 Å². The average Bonchev–Trinajstić information content (AvgIpc) is 3.48. The van der Waals surface area contributed by atoms with Crippen LogP contribution in [0.15, 0.2) is 67.4 Å². The van der Waals surface area contributed by atoms with Crippen molar-refractivity contribution in [3.05, 3.63) is 90.1 Å². The van der Waals surface area contributed by atoms with Crippen LogP contribution in [0.1, 0.15) is 37.4 Å². The van der Waals surface area contributed by atoms with Crippen LogP contribution in [0.25, 0.3) is 32.5 Å². The summed E-state index contributed by atoms with van der Waals surface area (Å²) in [5.41, 5.74) is 8.01. The first-order valence-corrected chi connectivity index (χ1v) is 11.3. The molecule has 2 N–H and O–H groups in total. The van der Waals surface area contributed by atoms with Gasteiger partial charge in [-0.1, -0.05) is 32.0 Å². The van der Waals surface area contributed by atoms with Crippen molar-refractivity contribution >= 4 is 27.9 Å². The average molecular weight is 435 g/mol. The number of nitrogens with one attached hydrogen (secondary N) is 2. The molecule has 33 heavy (non-hydrogen) atoms. The maximum Gasteiger partial charge on any atom is 0.205 e. The lowest BCUT2D eigenvalue weighted by molar-refractivity contribution is 0.701. The molecule has 0 saturated carbocycles. The predicted molar refractivity (Wildman–Crippen MR) is 134 cm³/mol. The Hall–Kier alpha value is -4.11. The monoisotopic (exact) mass is 434 g/mol. The summed E-state index contributed by atoms with van der Waals surface area (Å²) in [7, 11) is 0. The molecule has 1 unspecified atom stereocenters.